The highest BCUT2D eigenvalue weighted by atomic mass is 79.9. The van der Waals surface area contributed by atoms with Crippen molar-refractivity contribution in [3.05, 3.63) is 27.5 Å². The molecular formula is C13H16BrClN2O2. The van der Waals surface area contributed by atoms with Gasteiger partial charge in [-0.05, 0) is 28.8 Å². The number of piperidine rings is 1. The van der Waals surface area contributed by atoms with Crippen molar-refractivity contribution in [2.45, 2.75) is 25.6 Å². The molecule has 2 rings (SSSR count). The van der Waals surface area contributed by atoms with E-state index >= 15 is 0 Å². The third-order valence-corrected chi connectivity index (χ3v) is 4.53. The van der Waals surface area contributed by atoms with Crippen molar-refractivity contribution < 1.29 is 9.53 Å². The Bertz CT molecular complexity index is 437. The number of ether oxygens (including phenoxy) is 1. The van der Waals surface area contributed by atoms with Gasteiger partial charge in [-0.25, -0.2) is 0 Å². The van der Waals surface area contributed by atoms with E-state index in [2.05, 4.69) is 25.8 Å². The Morgan fingerprint density at radius 2 is 2.21 bits per heavy atom. The molecule has 104 valence electrons. The summed E-state index contributed by atoms with van der Waals surface area (Å²) in [6, 6.07) is 0. The zero-order valence-electron chi connectivity index (χ0n) is 10.5. The molecule has 0 unspecified atom stereocenters. The minimum Gasteiger partial charge on any atom is -0.373 e. The van der Waals surface area contributed by atoms with E-state index in [0.29, 0.717) is 18.2 Å². The first kappa shape index (κ1) is 14.9. The number of carbonyl (C=O) groups excluding carboxylic acids is 1. The molecule has 1 saturated heterocycles. The molecule has 0 atom stereocenters. The highest BCUT2D eigenvalue weighted by Gasteiger charge is 2.19. The second-order valence-corrected chi connectivity index (χ2v) is 5.80. The first-order valence-electron chi connectivity index (χ1n) is 6.26. The quantitative estimate of drug-likeness (QED) is 0.768. The summed E-state index contributed by atoms with van der Waals surface area (Å²) >= 11 is 9.51. The van der Waals surface area contributed by atoms with Crippen LogP contribution in [0.5, 0.6) is 0 Å². The van der Waals surface area contributed by atoms with E-state index in [9.17, 15) is 4.79 Å². The van der Waals surface area contributed by atoms with E-state index in [1.54, 1.807) is 12.4 Å². The number of likely N-dealkylation sites (tertiary alicyclic amines) is 1. The van der Waals surface area contributed by atoms with Crippen LogP contribution in [-0.4, -0.2) is 41.9 Å². The Morgan fingerprint density at radius 1 is 1.47 bits per heavy atom. The first-order chi connectivity index (χ1) is 9.20. The fraction of sp³-hybridized carbons (Fsp3) is 0.538. The van der Waals surface area contributed by atoms with Crippen LogP contribution in [0.15, 0.2) is 16.9 Å². The number of carbonyl (C=O) groups is 1. The molecule has 1 aliphatic heterocycles. The third-order valence-electron chi connectivity index (χ3n) is 3.25. The van der Waals surface area contributed by atoms with Crippen LogP contribution in [0.3, 0.4) is 0 Å². The van der Waals surface area contributed by atoms with Gasteiger partial charge in [0.15, 0.2) is 0 Å². The summed E-state index contributed by atoms with van der Waals surface area (Å²) in [5, 5.41) is 0.661. The van der Waals surface area contributed by atoms with Crippen LogP contribution in [0.2, 0.25) is 5.02 Å². The van der Waals surface area contributed by atoms with Gasteiger partial charge in [-0.2, -0.15) is 0 Å². The lowest BCUT2D eigenvalue weighted by atomic mass is 10.1. The number of aldehydes is 1. The smallest absolute Gasteiger partial charge is 0.133 e. The van der Waals surface area contributed by atoms with Gasteiger partial charge in [0.2, 0.25) is 0 Å². The monoisotopic (exact) mass is 346 g/mol. The van der Waals surface area contributed by atoms with E-state index < -0.39 is 0 Å². The van der Waals surface area contributed by atoms with Crippen molar-refractivity contribution >= 4 is 33.8 Å². The largest absolute Gasteiger partial charge is 0.373 e. The van der Waals surface area contributed by atoms with Crippen LogP contribution < -0.4 is 0 Å². The van der Waals surface area contributed by atoms with E-state index in [-0.39, 0.29) is 6.10 Å². The summed E-state index contributed by atoms with van der Waals surface area (Å²) in [7, 11) is 0. The zero-order chi connectivity index (χ0) is 13.7. The van der Waals surface area contributed by atoms with Crippen molar-refractivity contribution in [3.63, 3.8) is 0 Å². The highest BCUT2D eigenvalue weighted by Crippen LogP contribution is 2.26. The first-order valence-corrected chi connectivity index (χ1v) is 7.43. The molecule has 0 N–H and O–H groups in total. The van der Waals surface area contributed by atoms with Gasteiger partial charge in [0.05, 0.1) is 28.8 Å². The maximum Gasteiger partial charge on any atom is 0.133 e. The Balaban J connectivity index is 1.80. The topological polar surface area (TPSA) is 42.4 Å². The highest BCUT2D eigenvalue weighted by molar-refractivity contribution is 9.10. The van der Waals surface area contributed by atoms with E-state index in [1.807, 2.05) is 0 Å². The predicted molar refractivity (Wildman–Crippen MR) is 77.3 cm³/mol. The fourth-order valence-corrected chi connectivity index (χ4v) is 2.66. The van der Waals surface area contributed by atoms with Crippen molar-refractivity contribution in [1.29, 1.82) is 0 Å². The number of hydrogen-bond acceptors (Lipinski definition) is 4. The number of nitrogens with zero attached hydrogens (tertiary/aromatic N) is 2. The Morgan fingerprint density at radius 3 is 2.89 bits per heavy atom. The summed E-state index contributed by atoms with van der Waals surface area (Å²) in [5.74, 6) is 0. The Kier molecular flexibility index (Phi) is 5.76. The van der Waals surface area contributed by atoms with Crippen LogP contribution in [0.25, 0.3) is 0 Å². The number of halogens is 2. The SMILES string of the molecule is O=CCN1CCC(OCc2cncc(Br)c2Cl)CC1. The molecular weight excluding hydrogens is 332 g/mol. The van der Waals surface area contributed by atoms with Gasteiger partial charge in [0.25, 0.3) is 0 Å². The molecule has 0 amide bonds. The van der Waals surface area contributed by atoms with Crippen LogP contribution in [0.4, 0.5) is 0 Å². The molecule has 1 aromatic rings. The minimum absolute atomic E-state index is 0.234. The summed E-state index contributed by atoms with van der Waals surface area (Å²) < 4.78 is 6.66. The normalized spacial score (nSPS) is 17.6. The van der Waals surface area contributed by atoms with Crippen molar-refractivity contribution in [2.24, 2.45) is 0 Å². The molecule has 2 heterocycles. The summed E-state index contributed by atoms with van der Waals surface area (Å²) in [6.45, 7) is 2.82. The standard InChI is InChI=1S/C13H16BrClN2O2/c14-12-8-16-7-10(13(12)15)9-19-11-1-3-17(4-2-11)5-6-18/h6-8,11H,1-5,9H2. The molecule has 0 spiro atoms. The van der Waals surface area contributed by atoms with Gasteiger partial charge < -0.3 is 9.53 Å². The van der Waals surface area contributed by atoms with Crippen LogP contribution in [0.1, 0.15) is 18.4 Å². The van der Waals surface area contributed by atoms with Crippen molar-refractivity contribution in [3.8, 4) is 0 Å². The molecule has 1 aliphatic rings. The van der Waals surface area contributed by atoms with Gasteiger partial charge >= 0.3 is 0 Å². The summed E-state index contributed by atoms with van der Waals surface area (Å²) in [6.07, 6.45) is 6.49. The molecule has 19 heavy (non-hydrogen) atoms. The molecule has 0 aromatic carbocycles. The lowest BCUT2D eigenvalue weighted by Gasteiger charge is -2.30. The van der Waals surface area contributed by atoms with Crippen molar-refractivity contribution in [2.75, 3.05) is 19.6 Å². The molecule has 0 saturated carbocycles. The molecule has 1 fully saturated rings. The van der Waals surface area contributed by atoms with Gasteiger partial charge in [0, 0.05) is 31.0 Å². The minimum atomic E-state index is 0.234. The lowest BCUT2D eigenvalue weighted by Crippen LogP contribution is -2.37. The molecule has 6 heteroatoms. The van der Waals surface area contributed by atoms with Crippen LogP contribution >= 0.6 is 27.5 Å². The summed E-state index contributed by atoms with van der Waals surface area (Å²) in [5.41, 5.74) is 0.895. The van der Waals surface area contributed by atoms with E-state index in [4.69, 9.17) is 16.3 Å². The molecule has 4 nitrogen and oxygen atoms in total. The van der Waals surface area contributed by atoms with Gasteiger partial charge in [0.1, 0.15) is 6.29 Å². The average Bonchev–Trinajstić information content (AvgIpc) is 2.42. The van der Waals surface area contributed by atoms with Crippen LogP contribution in [0, 0.1) is 0 Å². The Labute approximate surface area is 126 Å². The summed E-state index contributed by atoms with van der Waals surface area (Å²) in [4.78, 5) is 16.7. The maximum absolute atomic E-state index is 10.4. The second kappa shape index (κ2) is 7.33. The van der Waals surface area contributed by atoms with E-state index in [1.165, 1.54) is 0 Å². The number of aromatic nitrogens is 1. The molecule has 0 aliphatic carbocycles. The molecule has 1 aromatic heterocycles. The van der Waals surface area contributed by atoms with Gasteiger partial charge in [-0.1, -0.05) is 11.6 Å². The maximum atomic E-state index is 10.4. The molecule has 0 bridgehead atoms. The zero-order valence-corrected chi connectivity index (χ0v) is 12.9. The fourth-order valence-electron chi connectivity index (χ4n) is 2.13. The second-order valence-electron chi connectivity index (χ2n) is 4.57. The number of hydrogen-bond donors (Lipinski definition) is 0. The van der Waals surface area contributed by atoms with Gasteiger partial charge in [-0.15, -0.1) is 0 Å². The van der Waals surface area contributed by atoms with Crippen molar-refractivity contribution in [1.82, 2.24) is 9.88 Å². The van der Waals surface area contributed by atoms with E-state index in [0.717, 1.165) is 42.3 Å². The number of rotatable bonds is 5. The predicted octanol–water partition coefficient (Wildman–Crippen LogP) is 2.68. The Hall–Kier alpha value is -0.490. The molecule has 0 radical (unpaired) electrons. The third kappa shape index (κ3) is 4.24. The van der Waals surface area contributed by atoms with Crippen LogP contribution in [-0.2, 0) is 16.1 Å². The lowest BCUT2D eigenvalue weighted by molar-refractivity contribution is -0.109. The average molecular weight is 348 g/mol. The number of pyridine rings is 1. The van der Waals surface area contributed by atoms with Gasteiger partial charge in [-0.3, -0.25) is 9.88 Å².